The number of likely N-dealkylation sites (tertiary alicyclic amines) is 1. The molecule has 0 saturated carbocycles. The molecule has 1 unspecified atom stereocenters. The maximum atomic E-state index is 12.2. The van der Waals surface area contributed by atoms with Gasteiger partial charge in [-0.25, -0.2) is 0 Å². The number of hydrogen-bond acceptors (Lipinski definition) is 4. The van der Waals surface area contributed by atoms with Crippen molar-refractivity contribution in [1.29, 1.82) is 0 Å². The van der Waals surface area contributed by atoms with Crippen LogP contribution in [-0.2, 0) is 19.7 Å². The monoisotopic (exact) mass is 311 g/mol. The van der Waals surface area contributed by atoms with E-state index < -0.39 is 33.1 Å². The average molecular weight is 311 g/mol. The van der Waals surface area contributed by atoms with Crippen molar-refractivity contribution < 1.29 is 22.6 Å². The van der Waals surface area contributed by atoms with Gasteiger partial charge in [-0.05, 0) is 18.4 Å². The zero-order chi connectivity index (χ0) is 15.6. The Morgan fingerprint density at radius 3 is 2.48 bits per heavy atom. The van der Waals surface area contributed by atoms with E-state index in [0.29, 0.717) is 12.0 Å². The minimum atomic E-state index is -4.37. The molecule has 2 rings (SSSR count). The van der Waals surface area contributed by atoms with Crippen molar-refractivity contribution in [2.24, 2.45) is 0 Å². The molecule has 1 aromatic carbocycles. The topological polar surface area (TPSA) is 91.8 Å². The summed E-state index contributed by atoms with van der Waals surface area (Å²) in [6.07, 6.45) is 0.598. The molecule has 1 amide bonds. The van der Waals surface area contributed by atoms with Crippen molar-refractivity contribution in [1.82, 2.24) is 4.90 Å². The summed E-state index contributed by atoms with van der Waals surface area (Å²) in [5.74, 6) is -2.18. The second-order valence-corrected chi connectivity index (χ2v) is 6.68. The van der Waals surface area contributed by atoms with Gasteiger partial charge in [0, 0.05) is 12.5 Å². The van der Waals surface area contributed by atoms with E-state index in [9.17, 15) is 18.0 Å². The lowest BCUT2D eigenvalue weighted by Crippen LogP contribution is -2.44. The van der Waals surface area contributed by atoms with Gasteiger partial charge in [0.05, 0.1) is 0 Å². The summed E-state index contributed by atoms with van der Waals surface area (Å²) in [7, 11) is -4.37. The van der Waals surface area contributed by atoms with Crippen LogP contribution in [0.5, 0.6) is 0 Å². The first kappa shape index (κ1) is 15.7. The van der Waals surface area contributed by atoms with E-state index in [-0.39, 0.29) is 13.0 Å². The molecule has 0 aliphatic carbocycles. The quantitative estimate of drug-likeness (QED) is 0.666. The van der Waals surface area contributed by atoms with Gasteiger partial charge in [-0.15, -0.1) is 0 Å². The zero-order valence-corrected chi connectivity index (χ0v) is 12.4. The van der Waals surface area contributed by atoms with Crippen molar-refractivity contribution in [3.05, 3.63) is 35.9 Å². The Morgan fingerprint density at radius 1 is 1.29 bits per heavy atom. The Bertz CT molecular complexity index is 641. The van der Waals surface area contributed by atoms with Gasteiger partial charge < -0.3 is 4.90 Å². The highest BCUT2D eigenvalue weighted by Gasteiger charge is 2.40. The molecular weight excluding hydrogens is 294 g/mol. The Hall–Kier alpha value is -1.73. The summed E-state index contributed by atoms with van der Waals surface area (Å²) in [6, 6.07) is 8.80. The van der Waals surface area contributed by atoms with Gasteiger partial charge in [-0.2, -0.15) is 8.42 Å². The average Bonchev–Trinajstić information content (AvgIpc) is 2.95. The maximum Gasteiger partial charge on any atom is 0.291 e. The van der Waals surface area contributed by atoms with E-state index >= 15 is 0 Å². The van der Waals surface area contributed by atoms with Crippen LogP contribution in [0.4, 0.5) is 0 Å². The van der Waals surface area contributed by atoms with E-state index in [1.165, 1.54) is 0 Å². The summed E-state index contributed by atoms with van der Waals surface area (Å²) in [5, 5.41) is -1.31. The third-order valence-corrected chi connectivity index (χ3v) is 4.88. The molecule has 1 N–H and O–H groups in total. The number of Topliss-reactive ketones (excluding diaryl/α,β-unsaturated/α-hetero) is 1. The highest BCUT2D eigenvalue weighted by atomic mass is 32.2. The van der Waals surface area contributed by atoms with Crippen molar-refractivity contribution in [3.63, 3.8) is 0 Å². The highest BCUT2D eigenvalue weighted by Crippen LogP contribution is 2.24. The van der Waals surface area contributed by atoms with Gasteiger partial charge in [0.2, 0.25) is 5.78 Å². The summed E-state index contributed by atoms with van der Waals surface area (Å²) < 4.78 is 31.7. The van der Waals surface area contributed by atoms with Crippen molar-refractivity contribution in [3.8, 4) is 0 Å². The molecule has 21 heavy (non-hydrogen) atoms. The number of carbonyl (C=O) groups excluding carboxylic acids is 2. The third-order valence-electron chi connectivity index (χ3n) is 3.71. The SMILES string of the molecule is CC(C(=O)C(=O)N1CCC[C@@H]1S(=O)(=O)O)c1ccccc1. The van der Waals surface area contributed by atoms with Crippen LogP contribution in [0.15, 0.2) is 30.3 Å². The van der Waals surface area contributed by atoms with Crippen molar-refractivity contribution in [2.45, 2.75) is 31.1 Å². The summed E-state index contributed by atoms with van der Waals surface area (Å²) >= 11 is 0. The number of carbonyl (C=O) groups is 2. The molecule has 6 nitrogen and oxygen atoms in total. The zero-order valence-electron chi connectivity index (χ0n) is 11.6. The second kappa shape index (κ2) is 5.95. The van der Waals surface area contributed by atoms with E-state index in [2.05, 4.69) is 0 Å². The van der Waals surface area contributed by atoms with Crippen LogP contribution in [0.1, 0.15) is 31.2 Å². The van der Waals surface area contributed by atoms with Gasteiger partial charge in [0.25, 0.3) is 16.0 Å². The molecule has 0 bridgehead atoms. The van der Waals surface area contributed by atoms with Crippen LogP contribution < -0.4 is 0 Å². The summed E-state index contributed by atoms with van der Waals surface area (Å²) in [4.78, 5) is 25.4. The fourth-order valence-electron chi connectivity index (χ4n) is 2.50. The fourth-order valence-corrected chi connectivity index (χ4v) is 3.49. The fraction of sp³-hybridized carbons (Fsp3) is 0.429. The molecule has 0 aromatic heterocycles. The van der Waals surface area contributed by atoms with Gasteiger partial charge in [-0.3, -0.25) is 14.1 Å². The molecule has 2 atom stereocenters. The molecule has 7 heteroatoms. The molecule has 0 spiro atoms. The maximum absolute atomic E-state index is 12.2. The number of nitrogens with zero attached hydrogens (tertiary/aromatic N) is 1. The third kappa shape index (κ3) is 3.30. The number of amides is 1. The molecule has 1 aliphatic heterocycles. The van der Waals surface area contributed by atoms with Gasteiger partial charge in [0.1, 0.15) is 0 Å². The predicted octanol–water partition coefficient (Wildman–Crippen LogP) is 1.20. The van der Waals surface area contributed by atoms with Gasteiger partial charge >= 0.3 is 0 Å². The lowest BCUT2D eigenvalue weighted by atomic mass is 9.96. The lowest BCUT2D eigenvalue weighted by Gasteiger charge is -2.23. The molecule has 1 saturated heterocycles. The van der Waals surface area contributed by atoms with Crippen LogP contribution in [0.2, 0.25) is 0 Å². The van der Waals surface area contributed by atoms with Crippen molar-refractivity contribution in [2.75, 3.05) is 6.54 Å². The van der Waals surface area contributed by atoms with Gasteiger partial charge in [-0.1, -0.05) is 37.3 Å². The normalized spacial score (nSPS) is 20.3. The summed E-state index contributed by atoms with van der Waals surface area (Å²) in [6.45, 7) is 1.77. The molecular formula is C14H17NO5S. The molecule has 1 heterocycles. The number of hydrogen-bond donors (Lipinski definition) is 1. The molecule has 1 aliphatic rings. The largest absolute Gasteiger partial charge is 0.317 e. The van der Waals surface area contributed by atoms with E-state index in [1.807, 2.05) is 0 Å². The summed E-state index contributed by atoms with van der Waals surface area (Å²) in [5.41, 5.74) is 0.693. The Balaban J connectivity index is 2.18. The first-order valence-electron chi connectivity index (χ1n) is 6.68. The number of ketones is 1. The van der Waals surface area contributed by atoms with Crippen LogP contribution >= 0.6 is 0 Å². The van der Waals surface area contributed by atoms with Crippen LogP contribution in [0.25, 0.3) is 0 Å². The molecule has 1 fully saturated rings. The minimum absolute atomic E-state index is 0.150. The second-order valence-electron chi connectivity index (χ2n) is 5.11. The Labute approximate surface area is 123 Å². The Kier molecular flexibility index (Phi) is 4.43. The number of benzene rings is 1. The Morgan fingerprint density at radius 2 is 1.90 bits per heavy atom. The van der Waals surface area contributed by atoms with Crippen LogP contribution in [0.3, 0.4) is 0 Å². The number of rotatable bonds is 4. The molecule has 114 valence electrons. The van der Waals surface area contributed by atoms with E-state index in [0.717, 1.165) is 4.90 Å². The van der Waals surface area contributed by atoms with Gasteiger partial charge in [0.15, 0.2) is 5.37 Å². The first-order valence-corrected chi connectivity index (χ1v) is 8.18. The highest BCUT2D eigenvalue weighted by molar-refractivity contribution is 7.86. The van der Waals surface area contributed by atoms with Crippen LogP contribution in [0, 0.1) is 0 Å². The van der Waals surface area contributed by atoms with Crippen LogP contribution in [-0.4, -0.2) is 41.5 Å². The minimum Gasteiger partial charge on any atom is -0.317 e. The van der Waals surface area contributed by atoms with Crippen molar-refractivity contribution >= 4 is 21.8 Å². The molecule has 1 aromatic rings. The smallest absolute Gasteiger partial charge is 0.291 e. The lowest BCUT2D eigenvalue weighted by molar-refractivity contribution is -0.145. The standard InChI is InChI=1S/C14H17NO5S/c1-10(11-6-3-2-4-7-11)13(16)14(17)15-9-5-8-12(15)21(18,19)20/h2-4,6-7,10,12H,5,8-9H2,1H3,(H,18,19,20)/t10?,12-/m0/s1. The molecule has 0 radical (unpaired) electrons. The predicted molar refractivity (Wildman–Crippen MR) is 76.1 cm³/mol. The first-order chi connectivity index (χ1) is 9.82. The van der Waals surface area contributed by atoms with E-state index in [4.69, 9.17) is 4.55 Å². The van der Waals surface area contributed by atoms with E-state index in [1.54, 1.807) is 37.3 Å².